The Morgan fingerprint density at radius 3 is 2.03 bits per heavy atom. The molecular formula is C24H47BrN2OSn. The van der Waals surface area contributed by atoms with Crippen LogP contribution < -0.4 is 21.5 Å². The Bertz CT molecular complexity index is 543. The molecular weight excluding hydrogens is 531 g/mol. The van der Waals surface area contributed by atoms with E-state index in [-0.39, 0.29) is 17.0 Å². The molecule has 170 valence electrons. The molecule has 0 bridgehead atoms. The number of hydrogen-bond donors (Lipinski definition) is 1. The second-order valence-electron chi connectivity index (χ2n) is 9.20. The van der Waals surface area contributed by atoms with Crippen LogP contribution in [0.25, 0.3) is 0 Å². The van der Waals surface area contributed by atoms with Crippen LogP contribution in [0, 0.1) is 0 Å². The molecule has 3 nitrogen and oxygen atoms in total. The Morgan fingerprint density at radius 1 is 0.931 bits per heavy atom. The Hall–Kier alpha value is 0.189. The predicted molar refractivity (Wildman–Crippen MR) is 124 cm³/mol. The van der Waals surface area contributed by atoms with Crippen molar-refractivity contribution in [2.45, 2.75) is 118 Å². The zero-order valence-electron chi connectivity index (χ0n) is 19.8. The molecule has 0 saturated carbocycles. The second kappa shape index (κ2) is 15.9. The fourth-order valence-corrected chi connectivity index (χ4v) is 18.4. The molecule has 0 radical (unpaired) electrons. The zero-order chi connectivity index (χ0) is 20.9. The summed E-state index contributed by atoms with van der Waals surface area (Å²) < 4.78 is 11.6. The van der Waals surface area contributed by atoms with Gasteiger partial charge >= 0.3 is 179 Å². The summed E-state index contributed by atoms with van der Waals surface area (Å²) in [5, 5.41) is 10.2. The molecule has 1 rings (SSSR count). The summed E-state index contributed by atoms with van der Waals surface area (Å²) in [6.07, 6.45) is 19.5. The van der Waals surface area contributed by atoms with E-state index in [0.717, 1.165) is 13.1 Å². The minimum absolute atomic E-state index is 0. The van der Waals surface area contributed by atoms with Crippen molar-refractivity contribution in [2.75, 3.05) is 0 Å². The molecule has 0 aliphatic rings. The van der Waals surface area contributed by atoms with Gasteiger partial charge in [0, 0.05) is 0 Å². The van der Waals surface area contributed by atoms with Gasteiger partial charge in [0.1, 0.15) is 0 Å². The van der Waals surface area contributed by atoms with Crippen LogP contribution >= 0.6 is 0 Å². The largest absolute Gasteiger partial charge is 1.00 e. The molecule has 1 aromatic heterocycles. The number of unbranched alkanes of at least 4 members (excludes halogenated alkanes) is 5. The van der Waals surface area contributed by atoms with Crippen molar-refractivity contribution in [3.63, 3.8) is 0 Å². The summed E-state index contributed by atoms with van der Waals surface area (Å²) >= 11 is -2.29. The number of imidazole rings is 1. The topological polar surface area (TPSA) is 29.0 Å². The number of nitrogens with zero attached hydrogens (tertiary/aromatic N) is 2. The summed E-state index contributed by atoms with van der Waals surface area (Å²) in [7, 11) is 0. The van der Waals surface area contributed by atoms with Gasteiger partial charge in [-0.3, -0.25) is 0 Å². The van der Waals surface area contributed by atoms with Gasteiger partial charge in [0.15, 0.2) is 0 Å². The first-order chi connectivity index (χ1) is 13.3. The van der Waals surface area contributed by atoms with Crippen LogP contribution in [0.2, 0.25) is 13.3 Å². The number of aromatic nitrogens is 2. The molecule has 0 fully saturated rings. The van der Waals surface area contributed by atoms with Gasteiger partial charge in [-0.1, -0.05) is 0 Å². The standard InChI is InChI=1S/C11H20N2.C5H9O.2C4H9.BrH.Sn/c1-3-5-6-7-8-13-10-9-12(4-2)11-13;1-4-5(2,3)6;2*1-3-4-2;;/h9-11H,1,3-8H2,2H3;1,4,6H,2-3H3;2*1,3-4H2,2H3;1H;/q+1;;;;;/p-1. The smallest absolute Gasteiger partial charge is 1.00 e. The van der Waals surface area contributed by atoms with E-state index in [0.29, 0.717) is 0 Å². The zero-order valence-corrected chi connectivity index (χ0v) is 24.2. The Kier molecular flexibility index (Phi) is 16.0. The first kappa shape index (κ1) is 29.2. The molecule has 1 N–H and O–H groups in total. The fraction of sp³-hybridized carbons (Fsp3) is 0.792. The Morgan fingerprint density at radius 2 is 1.52 bits per heavy atom. The number of aliphatic hydroxyl groups is 1. The van der Waals surface area contributed by atoms with Crippen LogP contribution in [0.3, 0.4) is 0 Å². The Labute approximate surface area is 195 Å². The van der Waals surface area contributed by atoms with Gasteiger partial charge in [0.05, 0.1) is 0 Å². The summed E-state index contributed by atoms with van der Waals surface area (Å²) in [6, 6.07) is 0. The van der Waals surface area contributed by atoms with Gasteiger partial charge in [-0.25, -0.2) is 0 Å². The van der Waals surface area contributed by atoms with Crippen LogP contribution in [0.5, 0.6) is 0 Å². The molecule has 0 spiro atoms. The number of rotatable bonds is 16. The minimum atomic E-state index is -2.29. The van der Waals surface area contributed by atoms with Crippen molar-refractivity contribution in [1.82, 2.24) is 4.57 Å². The SMILES string of the molecule is CCC[CH2][Sn](/[CH]=C/C(C)(C)O)([CH2]CCC)[CH2]CCCCC[n+]1ccn(CC)c1.[Br-]. The fourth-order valence-electron chi connectivity index (χ4n) is 3.95. The summed E-state index contributed by atoms with van der Waals surface area (Å²) in [5.74, 6) is 0. The number of aryl methyl sites for hydroxylation is 2. The van der Waals surface area contributed by atoms with Crippen molar-refractivity contribution >= 4 is 18.4 Å². The summed E-state index contributed by atoms with van der Waals surface area (Å²) in [6.45, 7) is 12.9. The predicted octanol–water partition coefficient (Wildman–Crippen LogP) is 3.28. The summed E-state index contributed by atoms with van der Waals surface area (Å²) in [4.78, 5) is 0. The van der Waals surface area contributed by atoms with Crippen LogP contribution in [0.4, 0.5) is 0 Å². The minimum Gasteiger partial charge on any atom is -1.00 e. The average molecular weight is 578 g/mol. The maximum atomic E-state index is 10.2. The van der Waals surface area contributed by atoms with Gasteiger partial charge in [-0.05, 0) is 0 Å². The van der Waals surface area contributed by atoms with Gasteiger partial charge in [0.25, 0.3) is 0 Å². The first-order valence-corrected chi connectivity index (χ1v) is 19.5. The van der Waals surface area contributed by atoms with E-state index >= 15 is 0 Å². The van der Waals surface area contributed by atoms with E-state index in [1.165, 1.54) is 64.7 Å². The van der Waals surface area contributed by atoms with E-state index < -0.39 is 24.0 Å². The van der Waals surface area contributed by atoms with Gasteiger partial charge < -0.3 is 17.0 Å². The molecule has 1 aromatic rings. The molecule has 0 amide bonds. The first-order valence-electron chi connectivity index (χ1n) is 11.8. The van der Waals surface area contributed by atoms with E-state index in [9.17, 15) is 5.11 Å². The maximum absolute atomic E-state index is 10.2. The van der Waals surface area contributed by atoms with Crippen molar-refractivity contribution in [3.8, 4) is 0 Å². The second-order valence-corrected chi connectivity index (χ2v) is 22.2. The molecule has 0 aromatic carbocycles. The van der Waals surface area contributed by atoms with Crippen LogP contribution in [-0.2, 0) is 13.1 Å². The third-order valence-corrected chi connectivity index (χ3v) is 19.9. The van der Waals surface area contributed by atoms with E-state index in [1.54, 1.807) is 0 Å². The van der Waals surface area contributed by atoms with Crippen molar-refractivity contribution in [1.29, 1.82) is 0 Å². The Balaban J connectivity index is 0.00000784. The quantitative estimate of drug-likeness (QED) is 0.182. The molecule has 1 heterocycles. The normalized spacial score (nSPS) is 12.5. The van der Waals surface area contributed by atoms with Gasteiger partial charge in [-0.2, -0.15) is 0 Å². The monoisotopic (exact) mass is 578 g/mol. The van der Waals surface area contributed by atoms with Crippen LogP contribution in [-0.4, -0.2) is 33.7 Å². The molecule has 5 heteroatoms. The van der Waals surface area contributed by atoms with E-state index in [2.05, 4.69) is 58.8 Å². The molecule has 0 atom stereocenters. The molecule has 0 unspecified atom stereocenters. The summed E-state index contributed by atoms with van der Waals surface area (Å²) in [5.41, 5.74) is -0.660. The van der Waals surface area contributed by atoms with Crippen LogP contribution in [0.1, 0.15) is 86.0 Å². The van der Waals surface area contributed by atoms with Crippen molar-refractivity contribution < 1.29 is 26.7 Å². The van der Waals surface area contributed by atoms with E-state index in [1.807, 2.05) is 13.8 Å². The van der Waals surface area contributed by atoms with Crippen molar-refractivity contribution in [3.05, 3.63) is 28.9 Å². The maximum Gasteiger partial charge on any atom is -1.00 e. The molecule has 29 heavy (non-hydrogen) atoms. The number of hydrogen-bond acceptors (Lipinski definition) is 1. The third-order valence-electron chi connectivity index (χ3n) is 5.85. The average Bonchev–Trinajstić information content (AvgIpc) is 3.12. The van der Waals surface area contributed by atoms with E-state index in [4.69, 9.17) is 0 Å². The van der Waals surface area contributed by atoms with Crippen LogP contribution in [0.15, 0.2) is 28.9 Å². The van der Waals surface area contributed by atoms with Gasteiger partial charge in [-0.15, -0.1) is 0 Å². The molecule has 0 aliphatic carbocycles. The number of halogens is 1. The molecule has 0 aliphatic heterocycles. The molecule has 0 saturated heterocycles. The van der Waals surface area contributed by atoms with Gasteiger partial charge in [0.2, 0.25) is 0 Å². The third kappa shape index (κ3) is 13.3. The van der Waals surface area contributed by atoms with Crippen molar-refractivity contribution in [2.24, 2.45) is 0 Å².